The summed E-state index contributed by atoms with van der Waals surface area (Å²) in [4.78, 5) is 0. The Bertz CT molecular complexity index is 735. The van der Waals surface area contributed by atoms with Crippen LogP contribution in [0.4, 0.5) is 0 Å². The molecule has 0 aliphatic heterocycles. The van der Waals surface area contributed by atoms with Crippen molar-refractivity contribution in [1.82, 2.24) is 0 Å². The molecule has 0 fully saturated rings. The molecule has 1 nitrogen and oxygen atoms in total. The van der Waals surface area contributed by atoms with E-state index in [0.717, 1.165) is 57.8 Å². The summed E-state index contributed by atoms with van der Waals surface area (Å²) < 4.78 is 4.83. The fourth-order valence-corrected chi connectivity index (χ4v) is 1.41. The van der Waals surface area contributed by atoms with Crippen LogP contribution in [0.25, 0.3) is 0 Å². The molecule has 0 saturated carbocycles. The molecule has 319 valence electrons. The van der Waals surface area contributed by atoms with Crippen LogP contribution in [0.1, 0.15) is 69.2 Å². The van der Waals surface area contributed by atoms with E-state index in [1.54, 1.807) is 22.3 Å². The molecule has 0 bridgehead atoms. The molecule has 0 unspecified atom stereocenters. The van der Waals surface area contributed by atoms with Gasteiger partial charge in [0.05, 0.1) is 0 Å². The van der Waals surface area contributed by atoms with Crippen LogP contribution in [0.5, 0.6) is 0 Å². The Hall–Kier alpha value is 2.26. The van der Waals surface area contributed by atoms with Crippen LogP contribution in [0.3, 0.4) is 0 Å². The summed E-state index contributed by atoms with van der Waals surface area (Å²) >= 11 is 18.5. The molecule has 0 spiro atoms. The van der Waals surface area contributed by atoms with Gasteiger partial charge in [0.1, 0.15) is 0 Å². The number of rotatable bonds is 6. The predicted molar refractivity (Wildman–Crippen MR) is 264 cm³/mol. The van der Waals surface area contributed by atoms with Gasteiger partial charge in [-0.2, -0.15) is 0 Å². The largest absolute Gasteiger partial charge is 3.00 e. The third-order valence-electron chi connectivity index (χ3n) is 3.81. The van der Waals surface area contributed by atoms with E-state index in [1.165, 1.54) is 0 Å². The molecule has 12 heteroatoms. The van der Waals surface area contributed by atoms with Crippen molar-refractivity contribution >= 4 is 82.2 Å². The monoisotopic (exact) mass is 1010 g/mol. The molecule has 0 rings (SSSR count). The van der Waals surface area contributed by atoms with Crippen molar-refractivity contribution in [2.24, 2.45) is 0 Å². The van der Waals surface area contributed by atoms with Gasteiger partial charge < -0.3 is 103 Å². The zero-order chi connectivity index (χ0) is 41.9. The summed E-state index contributed by atoms with van der Waals surface area (Å²) in [5, 5.41) is 3.28. The summed E-state index contributed by atoms with van der Waals surface area (Å²) in [7, 11) is 1.52. The summed E-state index contributed by atoms with van der Waals surface area (Å²) in [6.45, 7) is 62.8. The number of hydrogen-bond acceptors (Lipinski definition) is 5. The van der Waals surface area contributed by atoms with Gasteiger partial charge in [0.25, 0.3) is 0 Å². The maximum Gasteiger partial charge on any atom is 3.00 e. The van der Waals surface area contributed by atoms with E-state index in [4.69, 9.17) is 4.74 Å². The van der Waals surface area contributed by atoms with E-state index in [2.05, 4.69) is 157 Å². The zero-order valence-corrected chi connectivity index (χ0v) is 47.3. The average Bonchev–Trinajstić information content (AvgIpc) is 2.95. The van der Waals surface area contributed by atoms with Gasteiger partial charge in [-0.15, -0.1) is 59.4 Å². The van der Waals surface area contributed by atoms with Crippen molar-refractivity contribution in [3.63, 3.8) is 0 Å². The van der Waals surface area contributed by atoms with Gasteiger partial charge in [0.15, 0.2) is 0 Å². The minimum absolute atomic E-state index is 0. The molecule has 0 saturated heterocycles. The maximum absolute atomic E-state index is 4.83. The fraction of sp³-hybridized carbons (Fsp3) is 0.600. The fourth-order valence-electron chi connectivity index (χ4n) is 0.606. The Morgan fingerprint density at radius 3 is 0.692 bits per heavy atom. The molecule has 1 radical (unpaired) electrons. The smallest absolute Gasteiger partial charge is 0.903 e. The zero-order valence-electron chi connectivity index (χ0n) is 37.4. The van der Waals surface area contributed by atoms with Crippen molar-refractivity contribution in [2.75, 3.05) is 93.2 Å². The third kappa shape index (κ3) is 172. The van der Waals surface area contributed by atoms with Crippen LogP contribution in [0, 0.1) is 25.4 Å². The first kappa shape index (κ1) is 86.2. The number of hydrogen-bond donors (Lipinski definition) is 0. The summed E-state index contributed by atoms with van der Waals surface area (Å²) in [5.74, 6) is 3.28. The first-order valence-corrected chi connectivity index (χ1v) is 28.5. The van der Waals surface area contributed by atoms with Crippen LogP contribution in [0.15, 0.2) is 68.6 Å². The summed E-state index contributed by atoms with van der Waals surface area (Å²) in [6.07, 6.45) is 0. The standard InChI is InChI=1S/2C6H10S.2C6H9S.C4H10O.4C3H9P.3Co/c4*1-5(2)6(3)4-7;1-3-5-4-2;4*1-4(2)3;;;/h2*4,7H,1H2,2-3H3;2*4H,1H2,2-3H3;3-4H2,1-2H3;4*1-3H3;;;/q;;2*-3;;;;;;+2;2*+3/p-2/b2*6-4+;2*6-5+;;;;;;;;. The van der Waals surface area contributed by atoms with Crippen LogP contribution in [-0.2, 0) is 106 Å². The molecule has 0 aromatic carbocycles. The minimum Gasteiger partial charge on any atom is -0.903 e. The van der Waals surface area contributed by atoms with E-state index in [0.29, 0.717) is 31.7 Å². The van der Waals surface area contributed by atoms with Crippen molar-refractivity contribution in [3.8, 4) is 0 Å². The topological polar surface area (TPSA) is 9.23 Å². The Kier molecular flexibility index (Phi) is 118. The van der Waals surface area contributed by atoms with E-state index in [9.17, 15) is 0 Å². The molecule has 0 atom stereocenters. The SMILES string of the molecule is C=C(C)/C(C)=C/[S-].C=C(C)/C(C)=C/[S-].CCOCC.CP(C)C.CP(C)C.CP(C)C.CP(C)C.[CH2-]/C(C)=C(/C)[CH-][S-].[CH2-]/C(C)=C(/C)[CH-][S-].[Co+2].[Co+3].[Co+3]. The molecule has 0 aromatic heterocycles. The minimum atomic E-state index is 0. The number of ether oxygens (including phenoxy) is 1. The van der Waals surface area contributed by atoms with Gasteiger partial charge in [0, 0.05) is 13.2 Å². The van der Waals surface area contributed by atoms with E-state index < -0.39 is 0 Å². The normalized spacial score (nSPS) is 10.2. The van der Waals surface area contributed by atoms with Crippen molar-refractivity contribution in [2.45, 2.75) is 69.2 Å². The maximum atomic E-state index is 4.83. The molecule has 0 aliphatic carbocycles. The molecule has 0 N–H and O–H groups in total. The first-order valence-electron chi connectivity index (χ1n) is 15.9. The molecular weight excluding hydrogens is 925 g/mol. The van der Waals surface area contributed by atoms with Crippen LogP contribution in [-0.4, -0.2) is 93.2 Å². The Balaban J connectivity index is -0.0000000347. The molecule has 0 heterocycles. The van der Waals surface area contributed by atoms with Gasteiger partial charge in [-0.25, -0.2) is 10.8 Å². The van der Waals surface area contributed by atoms with Crippen LogP contribution < -0.4 is 0 Å². The van der Waals surface area contributed by atoms with Gasteiger partial charge in [0.2, 0.25) is 0 Å². The second kappa shape index (κ2) is 71.0. The molecule has 52 heavy (non-hydrogen) atoms. The second-order valence-corrected chi connectivity index (χ2v) is 24.1. The Labute approximate surface area is 390 Å². The van der Waals surface area contributed by atoms with Gasteiger partial charge in [-0.3, -0.25) is 0 Å². The van der Waals surface area contributed by atoms with Crippen LogP contribution >= 0.6 is 31.7 Å². The summed E-state index contributed by atoms with van der Waals surface area (Å²) in [5.41, 5.74) is 8.57. The Morgan fingerprint density at radius 2 is 0.692 bits per heavy atom. The molecule has 0 amide bonds. The predicted octanol–water partition coefficient (Wildman–Crippen LogP) is 14.2. The Morgan fingerprint density at radius 1 is 0.538 bits per heavy atom. The first-order chi connectivity index (χ1) is 22.1. The average molecular weight is 1010 g/mol. The van der Waals surface area contributed by atoms with Crippen molar-refractivity contribution in [3.05, 3.63) is 93.9 Å². The van der Waals surface area contributed by atoms with E-state index in [1.807, 2.05) is 69.2 Å². The molecule has 0 aromatic rings. The quantitative estimate of drug-likeness (QED) is 0.113. The number of allylic oxidation sites excluding steroid dienone is 6. The van der Waals surface area contributed by atoms with Gasteiger partial charge in [-0.1, -0.05) is 35.5 Å². The molecule has 0 aliphatic rings. The van der Waals surface area contributed by atoms with Gasteiger partial charge >= 0.3 is 50.3 Å². The second-order valence-electron chi connectivity index (χ2n) is 12.5. The summed E-state index contributed by atoms with van der Waals surface area (Å²) in [6, 6.07) is 0. The van der Waals surface area contributed by atoms with Crippen molar-refractivity contribution in [1.29, 1.82) is 0 Å². The van der Waals surface area contributed by atoms with E-state index >= 15 is 0 Å². The van der Waals surface area contributed by atoms with Crippen molar-refractivity contribution < 1.29 is 55.1 Å². The van der Waals surface area contributed by atoms with E-state index in [-0.39, 0.29) is 50.3 Å². The third-order valence-corrected chi connectivity index (χ3v) is 5.22. The van der Waals surface area contributed by atoms with Gasteiger partial charge in [-0.05, 0) is 122 Å². The molecular formula is C40H82Co3OP4S4. The van der Waals surface area contributed by atoms with Crippen LogP contribution in [0.2, 0.25) is 0 Å².